The van der Waals surface area contributed by atoms with Crippen LogP contribution in [0, 0.1) is 5.92 Å². The first kappa shape index (κ1) is 13.3. The minimum absolute atomic E-state index is 0.150. The molecule has 0 aliphatic carbocycles. The van der Waals surface area contributed by atoms with E-state index in [4.69, 9.17) is 27.9 Å². The Balaban J connectivity index is 2.32. The van der Waals surface area contributed by atoms with Crippen LogP contribution in [0.5, 0.6) is 0 Å². The Kier molecular flexibility index (Phi) is 3.90. The van der Waals surface area contributed by atoms with E-state index in [-0.39, 0.29) is 24.8 Å². The molecule has 1 aliphatic heterocycles. The summed E-state index contributed by atoms with van der Waals surface area (Å²) in [6.45, 7) is 0.232. The van der Waals surface area contributed by atoms with E-state index in [9.17, 15) is 9.59 Å². The van der Waals surface area contributed by atoms with Gasteiger partial charge in [-0.3, -0.25) is 14.5 Å². The average molecular weight is 288 g/mol. The molecule has 4 nitrogen and oxygen atoms in total. The van der Waals surface area contributed by atoms with Gasteiger partial charge >= 0.3 is 0 Å². The van der Waals surface area contributed by atoms with Crippen molar-refractivity contribution in [3.05, 3.63) is 28.2 Å². The zero-order valence-electron chi connectivity index (χ0n) is 9.65. The van der Waals surface area contributed by atoms with Crippen LogP contribution < -0.4 is 4.90 Å². The zero-order chi connectivity index (χ0) is 13.3. The number of anilines is 1. The van der Waals surface area contributed by atoms with Gasteiger partial charge in [-0.15, -0.1) is 0 Å². The third-order valence-electron chi connectivity index (χ3n) is 2.71. The molecule has 0 N–H and O–H groups in total. The maximum atomic E-state index is 12.1. The van der Waals surface area contributed by atoms with E-state index in [0.717, 1.165) is 4.90 Å². The molecule has 1 unspecified atom stereocenters. The highest BCUT2D eigenvalue weighted by Gasteiger charge is 2.39. The highest BCUT2D eigenvalue weighted by atomic mass is 35.5. The molecule has 0 saturated carbocycles. The molecule has 1 fully saturated rings. The number of nitrogens with zero attached hydrogens (tertiary/aromatic N) is 1. The van der Waals surface area contributed by atoms with Gasteiger partial charge in [-0.2, -0.15) is 0 Å². The molecule has 1 aromatic carbocycles. The van der Waals surface area contributed by atoms with E-state index in [1.54, 1.807) is 18.2 Å². The summed E-state index contributed by atoms with van der Waals surface area (Å²) >= 11 is 11.7. The van der Waals surface area contributed by atoms with Crippen molar-refractivity contribution in [3.8, 4) is 0 Å². The third-order valence-corrected chi connectivity index (χ3v) is 3.15. The average Bonchev–Trinajstić information content (AvgIpc) is 2.53. The highest BCUT2D eigenvalue weighted by Crippen LogP contribution is 2.31. The second-order valence-corrected chi connectivity index (χ2v) is 4.92. The largest absolute Gasteiger partial charge is 0.384 e. The van der Waals surface area contributed by atoms with E-state index >= 15 is 0 Å². The number of benzene rings is 1. The van der Waals surface area contributed by atoms with Crippen LogP contribution in [0.15, 0.2) is 18.2 Å². The SMILES string of the molecule is COCC1CC(=O)N(c2cc(Cl)cc(Cl)c2)C1=O. The fraction of sp³-hybridized carbons (Fsp3) is 0.333. The van der Waals surface area contributed by atoms with E-state index in [0.29, 0.717) is 15.7 Å². The molecule has 1 atom stereocenters. The van der Waals surface area contributed by atoms with Gasteiger partial charge in [0.25, 0.3) is 0 Å². The lowest BCUT2D eigenvalue weighted by Crippen LogP contribution is -2.31. The van der Waals surface area contributed by atoms with Crippen LogP contribution in [0.2, 0.25) is 10.0 Å². The number of amides is 2. The van der Waals surface area contributed by atoms with E-state index in [2.05, 4.69) is 0 Å². The van der Waals surface area contributed by atoms with Crippen molar-refractivity contribution in [3.63, 3.8) is 0 Å². The molecule has 0 radical (unpaired) electrons. The van der Waals surface area contributed by atoms with Gasteiger partial charge in [-0.25, -0.2) is 0 Å². The molecule has 2 amide bonds. The first-order valence-corrected chi connectivity index (χ1v) is 6.10. The second kappa shape index (κ2) is 5.26. The lowest BCUT2D eigenvalue weighted by molar-refractivity contribution is -0.122. The maximum Gasteiger partial charge on any atom is 0.239 e. The number of carbonyl (C=O) groups excluding carboxylic acids is 2. The lowest BCUT2D eigenvalue weighted by Gasteiger charge is -2.15. The molecular formula is C12H11Cl2NO3. The normalized spacial score (nSPS) is 19.7. The van der Waals surface area contributed by atoms with Gasteiger partial charge in [0.1, 0.15) is 0 Å². The Labute approximate surface area is 114 Å². The fourth-order valence-electron chi connectivity index (χ4n) is 1.97. The van der Waals surface area contributed by atoms with Crippen LogP contribution in [0.4, 0.5) is 5.69 Å². The Bertz CT molecular complexity index is 484. The second-order valence-electron chi connectivity index (χ2n) is 4.05. The van der Waals surface area contributed by atoms with Crippen LogP contribution in [0.25, 0.3) is 0 Å². The maximum absolute atomic E-state index is 12.1. The predicted molar refractivity (Wildman–Crippen MR) is 68.9 cm³/mol. The molecule has 1 aliphatic rings. The number of hydrogen-bond acceptors (Lipinski definition) is 3. The lowest BCUT2D eigenvalue weighted by atomic mass is 10.1. The van der Waals surface area contributed by atoms with Crippen LogP contribution in [-0.4, -0.2) is 25.5 Å². The number of carbonyl (C=O) groups is 2. The molecule has 2 rings (SSSR count). The van der Waals surface area contributed by atoms with Gasteiger partial charge in [0.15, 0.2) is 0 Å². The Morgan fingerprint density at radius 2 is 1.89 bits per heavy atom. The van der Waals surface area contributed by atoms with Crippen LogP contribution in [0.3, 0.4) is 0 Å². The van der Waals surface area contributed by atoms with Gasteiger partial charge in [0.05, 0.1) is 18.2 Å². The molecule has 1 saturated heterocycles. The summed E-state index contributed by atoms with van der Waals surface area (Å²) in [6, 6.07) is 4.63. The summed E-state index contributed by atoms with van der Waals surface area (Å²) in [5.74, 6) is -0.971. The number of halogens is 2. The van der Waals surface area contributed by atoms with E-state index < -0.39 is 5.92 Å². The van der Waals surface area contributed by atoms with Crippen molar-refractivity contribution < 1.29 is 14.3 Å². The van der Waals surface area contributed by atoms with Crippen molar-refractivity contribution in [2.45, 2.75) is 6.42 Å². The fourth-order valence-corrected chi connectivity index (χ4v) is 2.48. The van der Waals surface area contributed by atoms with Crippen molar-refractivity contribution in [2.75, 3.05) is 18.6 Å². The number of rotatable bonds is 3. The van der Waals surface area contributed by atoms with E-state index in [1.807, 2.05) is 0 Å². The number of ether oxygens (including phenoxy) is 1. The first-order chi connectivity index (χ1) is 8.52. The number of imide groups is 1. The summed E-state index contributed by atoms with van der Waals surface area (Å²) in [4.78, 5) is 25.0. The summed E-state index contributed by atoms with van der Waals surface area (Å²) in [5, 5.41) is 0.765. The van der Waals surface area contributed by atoms with Crippen molar-refractivity contribution in [2.24, 2.45) is 5.92 Å². The third kappa shape index (κ3) is 2.51. The van der Waals surface area contributed by atoms with Crippen molar-refractivity contribution >= 4 is 40.7 Å². The van der Waals surface area contributed by atoms with Crippen LogP contribution in [-0.2, 0) is 14.3 Å². The van der Waals surface area contributed by atoms with Crippen LogP contribution >= 0.6 is 23.2 Å². The monoisotopic (exact) mass is 287 g/mol. The Hall–Kier alpha value is -1.10. The summed E-state index contributed by atoms with van der Waals surface area (Å²) in [5.41, 5.74) is 0.404. The number of hydrogen-bond donors (Lipinski definition) is 0. The molecule has 0 bridgehead atoms. The standard InChI is InChI=1S/C12H11Cl2NO3/c1-18-6-7-2-11(16)15(12(7)17)10-4-8(13)3-9(14)5-10/h3-5,7H,2,6H2,1H3. The molecular weight excluding hydrogens is 277 g/mol. The Morgan fingerprint density at radius 3 is 2.44 bits per heavy atom. The van der Waals surface area contributed by atoms with Crippen LogP contribution in [0.1, 0.15) is 6.42 Å². The summed E-state index contributed by atoms with van der Waals surface area (Å²) in [6.07, 6.45) is 0.150. The molecule has 6 heteroatoms. The van der Waals surface area contributed by atoms with Crippen molar-refractivity contribution in [1.29, 1.82) is 0 Å². The van der Waals surface area contributed by atoms with Gasteiger partial charge in [-0.05, 0) is 18.2 Å². The molecule has 18 heavy (non-hydrogen) atoms. The van der Waals surface area contributed by atoms with E-state index in [1.165, 1.54) is 7.11 Å². The minimum atomic E-state index is -0.430. The molecule has 1 heterocycles. The number of methoxy groups -OCH3 is 1. The topological polar surface area (TPSA) is 46.6 Å². The predicted octanol–water partition coefficient (Wildman–Crippen LogP) is 2.52. The minimum Gasteiger partial charge on any atom is -0.384 e. The van der Waals surface area contributed by atoms with Gasteiger partial charge < -0.3 is 4.74 Å². The summed E-state index contributed by atoms with van der Waals surface area (Å²) < 4.78 is 4.92. The Morgan fingerprint density at radius 1 is 1.28 bits per heavy atom. The molecule has 0 aromatic heterocycles. The smallest absolute Gasteiger partial charge is 0.239 e. The quantitative estimate of drug-likeness (QED) is 0.803. The molecule has 1 aromatic rings. The molecule has 0 spiro atoms. The van der Waals surface area contributed by atoms with Gasteiger partial charge in [0, 0.05) is 23.6 Å². The zero-order valence-corrected chi connectivity index (χ0v) is 11.2. The summed E-state index contributed by atoms with van der Waals surface area (Å²) in [7, 11) is 1.50. The first-order valence-electron chi connectivity index (χ1n) is 5.34. The van der Waals surface area contributed by atoms with Crippen molar-refractivity contribution in [1.82, 2.24) is 0 Å². The molecule has 96 valence electrons. The van der Waals surface area contributed by atoms with Gasteiger partial charge in [-0.1, -0.05) is 23.2 Å². The highest BCUT2D eigenvalue weighted by molar-refractivity contribution is 6.35. The van der Waals surface area contributed by atoms with Gasteiger partial charge in [0.2, 0.25) is 11.8 Å².